The Balaban J connectivity index is 1.78. The first-order chi connectivity index (χ1) is 14.5. The van der Waals surface area contributed by atoms with Gasteiger partial charge in [0.25, 0.3) is 5.91 Å². The number of hydrogen-bond donors (Lipinski definition) is 1. The van der Waals surface area contributed by atoms with Gasteiger partial charge in [-0.05, 0) is 35.9 Å². The normalized spacial score (nSPS) is 12.0. The van der Waals surface area contributed by atoms with E-state index in [4.69, 9.17) is 11.6 Å². The second-order valence-electron chi connectivity index (χ2n) is 6.35. The molecule has 4 nitrogen and oxygen atoms in total. The molecular formula is C20H12ClF6N3O. The quantitative estimate of drug-likeness (QED) is 0.514. The number of carbonyl (C=O) groups excluding carboxylic acids is 1. The Bertz CT molecular complexity index is 1100. The predicted molar refractivity (Wildman–Crippen MR) is 100 cm³/mol. The Morgan fingerprint density at radius 1 is 0.968 bits per heavy atom. The first-order valence-corrected chi connectivity index (χ1v) is 8.97. The van der Waals surface area contributed by atoms with Crippen LogP contribution in [0.3, 0.4) is 0 Å². The van der Waals surface area contributed by atoms with Crippen LogP contribution in [0.5, 0.6) is 0 Å². The number of hydrogen-bond acceptors (Lipinski definition) is 3. The SMILES string of the molecule is O=C(NCC(F)(F)c1ncc(-c2ccc(F)cc2)cc1Cl)c1cccnc1C(F)(F)F. The standard InChI is InChI=1S/C20H12ClF6N3O/c21-15-8-12(11-3-5-13(22)6-4-11)9-29-17(15)19(23,24)10-30-18(31)14-2-1-7-28-16(14)20(25,26)27/h1-9H,10H2,(H,30,31). The van der Waals surface area contributed by atoms with Crippen molar-refractivity contribution in [2.24, 2.45) is 0 Å². The van der Waals surface area contributed by atoms with E-state index in [0.29, 0.717) is 11.1 Å². The van der Waals surface area contributed by atoms with Crippen molar-refractivity contribution in [3.8, 4) is 11.1 Å². The molecule has 31 heavy (non-hydrogen) atoms. The van der Waals surface area contributed by atoms with Gasteiger partial charge in [-0.1, -0.05) is 23.7 Å². The molecular weight excluding hydrogens is 448 g/mol. The Labute approximate surface area is 176 Å². The van der Waals surface area contributed by atoms with Crippen molar-refractivity contribution in [3.63, 3.8) is 0 Å². The molecule has 0 aliphatic rings. The summed E-state index contributed by atoms with van der Waals surface area (Å²) in [6.07, 6.45) is -3.01. The molecule has 1 aromatic carbocycles. The van der Waals surface area contributed by atoms with Crippen LogP contribution in [0.1, 0.15) is 21.7 Å². The van der Waals surface area contributed by atoms with Crippen LogP contribution in [-0.4, -0.2) is 22.4 Å². The van der Waals surface area contributed by atoms with E-state index in [1.165, 1.54) is 30.3 Å². The van der Waals surface area contributed by atoms with Gasteiger partial charge < -0.3 is 5.32 Å². The summed E-state index contributed by atoms with van der Waals surface area (Å²) in [6, 6.07) is 8.26. The topological polar surface area (TPSA) is 54.9 Å². The van der Waals surface area contributed by atoms with Gasteiger partial charge in [-0.25, -0.2) is 4.39 Å². The number of nitrogens with one attached hydrogen (secondary N) is 1. The second kappa shape index (κ2) is 8.54. The smallest absolute Gasteiger partial charge is 0.345 e. The molecule has 0 bridgehead atoms. The third-order valence-electron chi connectivity index (χ3n) is 4.16. The van der Waals surface area contributed by atoms with E-state index in [-0.39, 0.29) is 0 Å². The van der Waals surface area contributed by atoms with Crippen LogP contribution in [0.4, 0.5) is 26.3 Å². The van der Waals surface area contributed by atoms with Gasteiger partial charge in [0.05, 0.1) is 17.1 Å². The third-order valence-corrected chi connectivity index (χ3v) is 4.45. The lowest BCUT2D eigenvalue weighted by atomic mass is 10.1. The lowest BCUT2D eigenvalue weighted by molar-refractivity contribution is -0.141. The van der Waals surface area contributed by atoms with Gasteiger partial charge in [0.15, 0.2) is 5.69 Å². The molecule has 0 fully saturated rings. The molecule has 2 heterocycles. The average molecular weight is 460 g/mol. The Hall–Kier alpha value is -3.14. The predicted octanol–water partition coefficient (Wildman–Crippen LogP) is 5.48. The zero-order chi connectivity index (χ0) is 22.8. The molecule has 0 spiro atoms. The van der Waals surface area contributed by atoms with Crippen LogP contribution in [0.2, 0.25) is 5.02 Å². The van der Waals surface area contributed by atoms with E-state index >= 15 is 0 Å². The molecule has 0 aliphatic carbocycles. The minimum Gasteiger partial charge on any atom is -0.345 e. The number of carbonyl (C=O) groups is 1. The van der Waals surface area contributed by atoms with Crippen molar-refractivity contribution in [3.05, 3.63) is 82.6 Å². The minimum absolute atomic E-state index is 0.346. The van der Waals surface area contributed by atoms with Crippen LogP contribution in [0.25, 0.3) is 11.1 Å². The summed E-state index contributed by atoms with van der Waals surface area (Å²) in [7, 11) is 0. The fraction of sp³-hybridized carbons (Fsp3) is 0.150. The fourth-order valence-corrected chi connectivity index (χ4v) is 3.00. The molecule has 0 aliphatic heterocycles. The van der Waals surface area contributed by atoms with Gasteiger partial charge in [-0.3, -0.25) is 14.8 Å². The molecule has 0 saturated carbocycles. The maximum Gasteiger partial charge on any atom is 0.434 e. The van der Waals surface area contributed by atoms with Crippen LogP contribution < -0.4 is 5.32 Å². The van der Waals surface area contributed by atoms with Crippen LogP contribution in [0.15, 0.2) is 54.9 Å². The van der Waals surface area contributed by atoms with Crippen molar-refractivity contribution >= 4 is 17.5 Å². The van der Waals surface area contributed by atoms with Crippen LogP contribution in [-0.2, 0) is 12.1 Å². The number of pyridine rings is 2. The number of halogens is 7. The highest BCUT2D eigenvalue weighted by atomic mass is 35.5. The number of nitrogens with zero attached hydrogens (tertiary/aromatic N) is 2. The summed E-state index contributed by atoms with van der Waals surface area (Å²) in [5, 5.41) is 1.33. The van der Waals surface area contributed by atoms with Gasteiger partial charge >= 0.3 is 12.1 Å². The number of benzene rings is 1. The molecule has 0 unspecified atom stereocenters. The molecule has 3 rings (SSSR count). The maximum absolute atomic E-state index is 14.6. The lowest BCUT2D eigenvalue weighted by Crippen LogP contribution is -2.36. The number of amides is 1. The van der Waals surface area contributed by atoms with E-state index in [2.05, 4.69) is 9.97 Å². The molecule has 2 aromatic heterocycles. The number of rotatable bonds is 5. The minimum atomic E-state index is -4.93. The highest BCUT2D eigenvalue weighted by Crippen LogP contribution is 2.34. The van der Waals surface area contributed by atoms with Crippen molar-refractivity contribution in [1.82, 2.24) is 15.3 Å². The Morgan fingerprint density at radius 3 is 2.26 bits per heavy atom. The van der Waals surface area contributed by atoms with Crippen molar-refractivity contribution in [2.75, 3.05) is 6.54 Å². The van der Waals surface area contributed by atoms with Gasteiger partial charge in [0.1, 0.15) is 11.5 Å². The molecule has 0 saturated heterocycles. The molecule has 3 aromatic rings. The largest absolute Gasteiger partial charge is 0.434 e. The highest BCUT2D eigenvalue weighted by Gasteiger charge is 2.39. The van der Waals surface area contributed by atoms with E-state index < -0.39 is 52.3 Å². The first kappa shape index (κ1) is 22.5. The molecule has 11 heteroatoms. The summed E-state index contributed by atoms with van der Waals surface area (Å²) < 4.78 is 81.0. The summed E-state index contributed by atoms with van der Waals surface area (Å²) in [6.45, 7) is -1.35. The van der Waals surface area contributed by atoms with Crippen LogP contribution in [0, 0.1) is 5.82 Å². The van der Waals surface area contributed by atoms with E-state index in [9.17, 15) is 31.1 Å². The summed E-state index contributed by atoms with van der Waals surface area (Å²) >= 11 is 5.92. The zero-order valence-electron chi connectivity index (χ0n) is 15.4. The summed E-state index contributed by atoms with van der Waals surface area (Å²) in [5.74, 6) is -5.64. The summed E-state index contributed by atoms with van der Waals surface area (Å²) in [4.78, 5) is 18.8. The highest BCUT2D eigenvalue weighted by molar-refractivity contribution is 6.31. The monoisotopic (exact) mass is 459 g/mol. The van der Waals surface area contributed by atoms with Crippen LogP contribution >= 0.6 is 11.6 Å². The van der Waals surface area contributed by atoms with E-state index in [1.807, 2.05) is 0 Å². The number of aromatic nitrogens is 2. The fourth-order valence-electron chi connectivity index (χ4n) is 2.69. The van der Waals surface area contributed by atoms with Gasteiger partial charge in [0, 0.05) is 18.0 Å². The van der Waals surface area contributed by atoms with Crippen molar-refractivity contribution in [1.29, 1.82) is 0 Å². The second-order valence-corrected chi connectivity index (χ2v) is 6.75. The van der Waals surface area contributed by atoms with Gasteiger partial charge in [0.2, 0.25) is 0 Å². The Kier molecular flexibility index (Phi) is 6.21. The molecule has 0 radical (unpaired) electrons. The Morgan fingerprint density at radius 2 is 1.65 bits per heavy atom. The third kappa shape index (κ3) is 5.13. The van der Waals surface area contributed by atoms with E-state index in [0.717, 1.165) is 24.5 Å². The van der Waals surface area contributed by atoms with Crippen molar-refractivity contribution < 1.29 is 31.1 Å². The average Bonchev–Trinajstić information content (AvgIpc) is 2.71. The molecule has 1 N–H and O–H groups in total. The van der Waals surface area contributed by atoms with Gasteiger partial charge in [-0.15, -0.1) is 0 Å². The number of alkyl halides is 5. The maximum atomic E-state index is 14.6. The first-order valence-electron chi connectivity index (χ1n) is 8.59. The zero-order valence-corrected chi connectivity index (χ0v) is 16.1. The lowest BCUT2D eigenvalue weighted by Gasteiger charge is -2.19. The molecule has 162 valence electrons. The molecule has 0 atom stereocenters. The van der Waals surface area contributed by atoms with E-state index in [1.54, 1.807) is 5.32 Å². The summed E-state index contributed by atoms with van der Waals surface area (Å²) in [5.41, 5.74) is -2.43. The van der Waals surface area contributed by atoms with Crippen molar-refractivity contribution in [2.45, 2.75) is 12.1 Å². The molecule has 1 amide bonds. The van der Waals surface area contributed by atoms with Gasteiger partial charge in [-0.2, -0.15) is 22.0 Å².